The standard InChI is InChI=1S/C40H40O8/c1-3-27-10-14-31(15-11-27)38(42)46-34-22-18-30(19-23-34)37(41)45-26-36(29-8-6-5-7-9-29)48-40(44)33-20-24-35(25-21-33)47-39(43)32-16-12-28(4-2)13-17-32/h10-25,29,36H,3-9,26H2,1-2H3. The van der Waals surface area contributed by atoms with Crippen molar-refractivity contribution in [3.05, 3.63) is 130 Å². The molecular formula is C40H40O8. The van der Waals surface area contributed by atoms with Gasteiger partial charge in [0.2, 0.25) is 0 Å². The first kappa shape index (κ1) is 34.1. The minimum absolute atomic E-state index is 0.0583. The molecule has 0 heterocycles. The Kier molecular flexibility index (Phi) is 11.8. The molecule has 0 bridgehead atoms. The van der Waals surface area contributed by atoms with Crippen molar-refractivity contribution in [2.45, 2.75) is 64.9 Å². The highest BCUT2D eigenvalue weighted by molar-refractivity contribution is 5.93. The molecule has 1 fully saturated rings. The van der Waals surface area contributed by atoms with Gasteiger partial charge in [-0.05, 0) is 116 Å². The summed E-state index contributed by atoms with van der Waals surface area (Å²) < 4.78 is 22.5. The van der Waals surface area contributed by atoms with Crippen LogP contribution in [0.1, 0.15) is 98.5 Å². The Morgan fingerprint density at radius 2 is 0.938 bits per heavy atom. The van der Waals surface area contributed by atoms with Crippen LogP contribution in [-0.4, -0.2) is 36.6 Å². The highest BCUT2D eigenvalue weighted by atomic mass is 16.6. The number of hydrogen-bond acceptors (Lipinski definition) is 8. The highest BCUT2D eigenvalue weighted by Crippen LogP contribution is 2.29. The smallest absolute Gasteiger partial charge is 0.343 e. The molecule has 1 unspecified atom stereocenters. The van der Waals surface area contributed by atoms with Crippen molar-refractivity contribution in [3.8, 4) is 11.5 Å². The molecule has 1 saturated carbocycles. The molecule has 0 spiro atoms. The molecular weight excluding hydrogens is 608 g/mol. The van der Waals surface area contributed by atoms with Gasteiger partial charge in [0.25, 0.3) is 0 Å². The molecule has 0 N–H and O–H groups in total. The van der Waals surface area contributed by atoms with E-state index in [-0.39, 0.29) is 18.1 Å². The molecule has 4 aromatic carbocycles. The summed E-state index contributed by atoms with van der Waals surface area (Å²) in [6, 6.07) is 26.8. The van der Waals surface area contributed by atoms with E-state index in [0.717, 1.165) is 56.1 Å². The first-order valence-electron chi connectivity index (χ1n) is 16.5. The van der Waals surface area contributed by atoms with Gasteiger partial charge in [-0.1, -0.05) is 57.4 Å². The zero-order valence-corrected chi connectivity index (χ0v) is 27.3. The maximum atomic E-state index is 13.2. The summed E-state index contributed by atoms with van der Waals surface area (Å²) in [6.07, 6.45) is 6.00. The predicted molar refractivity (Wildman–Crippen MR) is 181 cm³/mol. The SMILES string of the molecule is CCc1ccc(C(=O)Oc2ccc(C(=O)OCC(OC(=O)c3ccc(OC(=O)c4ccc(CC)cc4)cc3)C3CCCCC3)cc2)cc1. The van der Waals surface area contributed by atoms with Crippen LogP contribution in [0.5, 0.6) is 11.5 Å². The van der Waals surface area contributed by atoms with Gasteiger partial charge < -0.3 is 18.9 Å². The minimum atomic E-state index is -0.621. The summed E-state index contributed by atoms with van der Waals surface area (Å²) in [7, 11) is 0. The third kappa shape index (κ3) is 9.18. The zero-order chi connectivity index (χ0) is 33.9. The van der Waals surface area contributed by atoms with Crippen molar-refractivity contribution in [2.75, 3.05) is 6.61 Å². The van der Waals surface area contributed by atoms with Crippen molar-refractivity contribution < 1.29 is 38.1 Å². The third-order valence-electron chi connectivity index (χ3n) is 8.61. The lowest BCUT2D eigenvalue weighted by atomic mass is 9.85. The van der Waals surface area contributed by atoms with Crippen LogP contribution in [0.15, 0.2) is 97.1 Å². The van der Waals surface area contributed by atoms with Gasteiger partial charge in [0.1, 0.15) is 24.2 Å². The lowest BCUT2D eigenvalue weighted by Crippen LogP contribution is -2.33. The second kappa shape index (κ2) is 16.5. The monoisotopic (exact) mass is 648 g/mol. The maximum absolute atomic E-state index is 13.2. The van der Waals surface area contributed by atoms with Crippen LogP contribution in [0.25, 0.3) is 0 Å². The van der Waals surface area contributed by atoms with E-state index in [1.54, 1.807) is 48.5 Å². The van der Waals surface area contributed by atoms with Gasteiger partial charge in [0, 0.05) is 0 Å². The second-order valence-electron chi connectivity index (χ2n) is 11.9. The van der Waals surface area contributed by atoms with Crippen LogP contribution in [0.3, 0.4) is 0 Å². The van der Waals surface area contributed by atoms with E-state index in [1.165, 1.54) is 24.3 Å². The lowest BCUT2D eigenvalue weighted by Gasteiger charge is -2.29. The van der Waals surface area contributed by atoms with Crippen LogP contribution in [-0.2, 0) is 22.3 Å². The van der Waals surface area contributed by atoms with Crippen molar-refractivity contribution in [3.63, 3.8) is 0 Å². The molecule has 0 aromatic heterocycles. The molecule has 0 radical (unpaired) electrons. The summed E-state index contributed by atoms with van der Waals surface area (Å²) in [5.41, 5.74) is 3.69. The molecule has 4 aromatic rings. The Hall–Kier alpha value is -5.24. The normalized spacial score (nSPS) is 13.6. The Bertz CT molecular complexity index is 1680. The molecule has 0 saturated heterocycles. The molecule has 1 aliphatic carbocycles. The Balaban J connectivity index is 1.16. The first-order chi connectivity index (χ1) is 23.3. The van der Waals surface area contributed by atoms with Gasteiger partial charge in [-0.25, -0.2) is 19.2 Å². The van der Waals surface area contributed by atoms with Crippen molar-refractivity contribution in [1.82, 2.24) is 0 Å². The number of hydrogen-bond donors (Lipinski definition) is 0. The molecule has 5 rings (SSSR count). The van der Waals surface area contributed by atoms with E-state index in [0.29, 0.717) is 28.2 Å². The van der Waals surface area contributed by atoms with E-state index >= 15 is 0 Å². The van der Waals surface area contributed by atoms with E-state index < -0.39 is 30.0 Å². The Morgan fingerprint density at radius 3 is 1.38 bits per heavy atom. The number of esters is 4. The van der Waals surface area contributed by atoms with E-state index in [2.05, 4.69) is 0 Å². The highest BCUT2D eigenvalue weighted by Gasteiger charge is 2.29. The predicted octanol–water partition coefficient (Wildman–Crippen LogP) is 8.21. The molecule has 8 heteroatoms. The van der Waals surface area contributed by atoms with Crippen LogP contribution < -0.4 is 9.47 Å². The van der Waals surface area contributed by atoms with Crippen molar-refractivity contribution >= 4 is 23.9 Å². The molecule has 8 nitrogen and oxygen atoms in total. The summed E-state index contributed by atoms with van der Waals surface area (Å²) in [5, 5.41) is 0. The summed E-state index contributed by atoms with van der Waals surface area (Å²) in [5.74, 6) is -1.43. The van der Waals surface area contributed by atoms with Crippen molar-refractivity contribution in [1.29, 1.82) is 0 Å². The number of rotatable bonds is 12. The molecule has 1 atom stereocenters. The second-order valence-corrected chi connectivity index (χ2v) is 11.9. The maximum Gasteiger partial charge on any atom is 0.343 e. The molecule has 0 aliphatic heterocycles. The Morgan fingerprint density at radius 1 is 0.542 bits per heavy atom. The Labute approximate surface area is 281 Å². The fraction of sp³-hybridized carbons (Fsp3) is 0.300. The van der Waals surface area contributed by atoms with Crippen LogP contribution in [0.4, 0.5) is 0 Å². The van der Waals surface area contributed by atoms with Gasteiger partial charge in [-0.15, -0.1) is 0 Å². The van der Waals surface area contributed by atoms with E-state index in [9.17, 15) is 19.2 Å². The number of aryl methyl sites for hydroxylation is 2. The number of ether oxygens (including phenoxy) is 4. The molecule has 0 amide bonds. The van der Waals surface area contributed by atoms with Gasteiger partial charge in [0.05, 0.1) is 22.3 Å². The van der Waals surface area contributed by atoms with Crippen LogP contribution in [0, 0.1) is 5.92 Å². The number of benzene rings is 4. The van der Waals surface area contributed by atoms with Gasteiger partial charge >= 0.3 is 23.9 Å². The molecule has 48 heavy (non-hydrogen) atoms. The van der Waals surface area contributed by atoms with Crippen LogP contribution in [0.2, 0.25) is 0 Å². The average molecular weight is 649 g/mol. The summed E-state index contributed by atoms with van der Waals surface area (Å²) >= 11 is 0. The lowest BCUT2D eigenvalue weighted by molar-refractivity contribution is -0.0247. The van der Waals surface area contributed by atoms with Gasteiger partial charge in [0.15, 0.2) is 0 Å². The van der Waals surface area contributed by atoms with Gasteiger partial charge in [-0.2, -0.15) is 0 Å². The molecule has 248 valence electrons. The zero-order valence-electron chi connectivity index (χ0n) is 27.3. The topological polar surface area (TPSA) is 105 Å². The largest absolute Gasteiger partial charge is 0.458 e. The van der Waals surface area contributed by atoms with E-state index in [4.69, 9.17) is 18.9 Å². The fourth-order valence-electron chi connectivity index (χ4n) is 5.62. The number of carbonyl (C=O) groups is 4. The third-order valence-corrected chi connectivity index (χ3v) is 8.61. The van der Waals surface area contributed by atoms with Gasteiger partial charge in [-0.3, -0.25) is 0 Å². The number of carbonyl (C=O) groups excluding carboxylic acids is 4. The van der Waals surface area contributed by atoms with Crippen LogP contribution >= 0.6 is 0 Å². The molecule has 1 aliphatic rings. The average Bonchev–Trinajstić information content (AvgIpc) is 3.14. The summed E-state index contributed by atoms with van der Waals surface area (Å²) in [6.45, 7) is 3.99. The summed E-state index contributed by atoms with van der Waals surface area (Å²) in [4.78, 5) is 51.2. The van der Waals surface area contributed by atoms with Crippen molar-refractivity contribution in [2.24, 2.45) is 5.92 Å². The fourth-order valence-corrected chi connectivity index (χ4v) is 5.62. The minimum Gasteiger partial charge on any atom is -0.458 e. The first-order valence-corrected chi connectivity index (χ1v) is 16.5. The van der Waals surface area contributed by atoms with E-state index in [1.807, 2.05) is 38.1 Å². The quantitative estimate of drug-likeness (QED) is 0.112.